The highest BCUT2D eigenvalue weighted by Crippen LogP contribution is 2.33. The highest BCUT2D eigenvalue weighted by Gasteiger charge is 2.32. The van der Waals surface area contributed by atoms with Crippen LogP contribution in [0.1, 0.15) is 66.2 Å². The molecule has 10 nitrogen and oxygen atoms in total. The third-order valence-corrected chi connectivity index (χ3v) is 8.81. The van der Waals surface area contributed by atoms with Crippen molar-refractivity contribution in [3.05, 3.63) is 47.4 Å². The molecule has 3 aliphatic heterocycles. The third kappa shape index (κ3) is 8.58. The van der Waals surface area contributed by atoms with Gasteiger partial charge in [-0.1, -0.05) is 12.1 Å². The maximum Gasteiger partial charge on any atom is 0.573 e. The van der Waals surface area contributed by atoms with E-state index in [0.29, 0.717) is 55.3 Å². The van der Waals surface area contributed by atoms with Crippen LogP contribution in [0.3, 0.4) is 0 Å². The van der Waals surface area contributed by atoms with Gasteiger partial charge >= 0.3 is 6.36 Å². The number of carbonyl (C=O) groups is 1. The number of methoxy groups -OCH3 is 1. The van der Waals surface area contributed by atoms with Crippen molar-refractivity contribution in [2.75, 3.05) is 51.8 Å². The normalized spacial score (nSPS) is 25.1. The van der Waals surface area contributed by atoms with Gasteiger partial charge in [0.1, 0.15) is 23.6 Å². The molecule has 3 aliphatic rings. The number of alkyl halides is 3. The summed E-state index contributed by atoms with van der Waals surface area (Å²) in [6.07, 6.45) is 1.71. The van der Waals surface area contributed by atoms with Gasteiger partial charge in [0.05, 0.1) is 24.9 Å². The fourth-order valence-electron chi connectivity index (χ4n) is 6.24. The molecule has 2 unspecified atom stereocenters. The lowest BCUT2D eigenvalue weighted by atomic mass is 9.95. The molecule has 1 amide bonds. The van der Waals surface area contributed by atoms with Crippen LogP contribution in [0.5, 0.6) is 5.75 Å². The van der Waals surface area contributed by atoms with Crippen molar-refractivity contribution >= 4 is 11.7 Å². The second-order valence-electron chi connectivity index (χ2n) is 11.7. The van der Waals surface area contributed by atoms with Gasteiger partial charge in [-0.3, -0.25) is 4.79 Å². The number of likely N-dealkylation sites (tertiary alicyclic amines) is 1. The first-order chi connectivity index (χ1) is 21.2. The summed E-state index contributed by atoms with van der Waals surface area (Å²) in [6.45, 7) is 5.93. The molecule has 3 fully saturated rings. The van der Waals surface area contributed by atoms with E-state index in [1.165, 1.54) is 18.5 Å². The smallest absolute Gasteiger partial charge is 0.406 e. The summed E-state index contributed by atoms with van der Waals surface area (Å²) >= 11 is 0. The van der Waals surface area contributed by atoms with Gasteiger partial charge < -0.3 is 34.5 Å². The van der Waals surface area contributed by atoms with Crippen molar-refractivity contribution in [3.8, 4) is 5.75 Å². The van der Waals surface area contributed by atoms with Gasteiger partial charge in [-0.2, -0.15) is 0 Å². The van der Waals surface area contributed by atoms with Crippen LogP contribution in [0.2, 0.25) is 0 Å². The van der Waals surface area contributed by atoms with E-state index in [-0.39, 0.29) is 30.0 Å². The average Bonchev–Trinajstić information content (AvgIpc) is 3.03. The maximum absolute atomic E-state index is 13.4. The minimum absolute atomic E-state index is 0.0952. The summed E-state index contributed by atoms with van der Waals surface area (Å²) in [5.41, 5.74) is 1.88. The molecule has 2 N–H and O–H groups in total. The Morgan fingerprint density at radius 2 is 1.84 bits per heavy atom. The Morgan fingerprint density at radius 1 is 1.07 bits per heavy atom. The largest absolute Gasteiger partial charge is 0.573 e. The van der Waals surface area contributed by atoms with Crippen molar-refractivity contribution < 1.29 is 36.9 Å². The molecule has 5 rings (SSSR count). The molecular formula is C31H42F3N5O5. The minimum atomic E-state index is -4.72. The van der Waals surface area contributed by atoms with E-state index in [2.05, 4.69) is 25.3 Å². The van der Waals surface area contributed by atoms with Gasteiger partial charge in [0.15, 0.2) is 0 Å². The summed E-state index contributed by atoms with van der Waals surface area (Å²) < 4.78 is 58.8. The first kappa shape index (κ1) is 32.4. The summed E-state index contributed by atoms with van der Waals surface area (Å²) in [6, 6.07) is 6.18. The van der Waals surface area contributed by atoms with Gasteiger partial charge in [0, 0.05) is 57.4 Å². The molecule has 4 atom stereocenters. The number of aromatic nitrogens is 2. The number of amides is 1. The van der Waals surface area contributed by atoms with E-state index >= 15 is 0 Å². The third-order valence-electron chi connectivity index (χ3n) is 8.81. The number of benzene rings is 1. The van der Waals surface area contributed by atoms with Gasteiger partial charge in [-0.15, -0.1) is 13.2 Å². The molecule has 44 heavy (non-hydrogen) atoms. The van der Waals surface area contributed by atoms with Crippen LogP contribution in [0.15, 0.2) is 30.6 Å². The number of nitrogens with zero attached hydrogens (tertiary/aromatic N) is 3. The van der Waals surface area contributed by atoms with Gasteiger partial charge in [-0.25, -0.2) is 9.97 Å². The summed E-state index contributed by atoms with van der Waals surface area (Å²) in [5, 5.41) is 7.01. The molecule has 242 valence electrons. The first-order valence-corrected chi connectivity index (χ1v) is 15.4. The number of hydrogen-bond donors (Lipinski definition) is 2. The molecule has 2 aromatic rings. The molecule has 0 aliphatic carbocycles. The molecule has 1 aromatic carbocycles. The number of rotatable bonds is 10. The SMILES string of the molecule is COC1COCCC1CNC1CCN(C(=O)c2ncnc(NC[C@H]3CCC[C@@H](c4ccc(OC(F)(F)F)cc4)O3)c2C)CC1. The molecule has 13 heteroatoms. The Balaban J connectivity index is 1.10. The number of carbonyl (C=O) groups excluding carboxylic acids is 1. The van der Waals surface area contributed by atoms with Crippen LogP contribution in [-0.4, -0.2) is 91.9 Å². The van der Waals surface area contributed by atoms with Crippen molar-refractivity contribution in [2.24, 2.45) is 5.92 Å². The molecule has 4 heterocycles. The van der Waals surface area contributed by atoms with E-state index in [1.807, 2.05) is 11.8 Å². The Bertz CT molecular complexity index is 1230. The van der Waals surface area contributed by atoms with Crippen LogP contribution in [-0.2, 0) is 14.2 Å². The molecule has 0 bridgehead atoms. The van der Waals surface area contributed by atoms with Crippen molar-refractivity contribution in [1.29, 1.82) is 0 Å². The topological polar surface area (TPSA) is 107 Å². The monoisotopic (exact) mass is 621 g/mol. The van der Waals surface area contributed by atoms with Crippen molar-refractivity contribution in [3.63, 3.8) is 0 Å². The lowest BCUT2D eigenvalue weighted by Crippen LogP contribution is -2.48. The minimum Gasteiger partial charge on any atom is -0.406 e. The number of nitrogens with one attached hydrogen (secondary N) is 2. The summed E-state index contributed by atoms with van der Waals surface area (Å²) in [7, 11) is 1.73. The Kier molecular flexibility index (Phi) is 10.9. The van der Waals surface area contributed by atoms with E-state index in [1.54, 1.807) is 19.2 Å². The Hall–Kier alpha value is -3.00. The molecule has 0 saturated carbocycles. The standard InChI is InChI=1S/C31H42F3N5O5/c1-20-28(30(40)39-13-10-23(11-14-39)35-16-22-12-15-42-18-27(22)41-2)37-19-38-29(20)36-17-25-4-3-5-26(43-25)21-6-8-24(9-7-21)44-31(32,33)34/h6-9,19,22-23,25-27,35H,3-5,10-18H2,1-2H3,(H,36,37,38)/t22?,25-,26+,27?/m1/s1. The van der Waals surface area contributed by atoms with E-state index in [9.17, 15) is 18.0 Å². The van der Waals surface area contributed by atoms with Crippen LogP contribution >= 0.6 is 0 Å². The fraction of sp³-hybridized carbons (Fsp3) is 0.645. The molecular weight excluding hydrogens is 579 g/mol. The molecule has 1 aromatic heterocycles. The highest BCUT2D eigenvalue weighted by molar-refractivity contribution is 5.94. The predicted octanol–water partition coefficient (Wildman–Crippen LogP) is 4.65. The average molecular weight is 622 g/mol. The van der Waals surface area contributed by atoms with Crippen LogP contribution in [0.25, 0.3) is 0 Å². The van der Waals surface area contributed by atoms with Crippen LogP contribution < -0.4 is 15.4 Å². The lowest BCUT2D eigenvalue weighted by molar-refractivity contribution is -0.274. The van der Waals surface area contributed by atoms with Gasteiger partial charge in [0.2, 0.25) is 0 Å². The van der Waals surface area contributed by atoms with Crippen LogP contribution in [0, 0.1) is 12.8 Å². The van der Waals surface area contributed by atoms with E-state index in [0.717, 1.165) is 57.2 Å². The van der Waals surface area contributed by atoms with Crippen molar-refractivity contribution in [2.45, 2.75) is 76.2 Å². The highest BCUT2D eigenvalue weighted by atomic mass is 19.4. The summed E-state index contributed by atoms with van der Waals surface area (Å²) in [4.78, 5) is 24.0. The number of ether oxygens (including phenoxy) is 4. The predicted molar refractivity (Wildman–Crippen MR) is 156 cm³/mol. The molecule has 3 saturated heterocycles. The molecule has 0 spiro atoms. The number of piperidine rings is 1. The fourth-order valence-corrected chi connectivity index (χ4v) is 6.24. The van der Waals surface area contributed by atoms with E-state index in [4.69, 9.17) is 14.2 Å². The second-order valence-corrected chi connectivity index (χ2v) is 11.7. The number of anilines is 1. The van der Waals surface area contributed by atoms with Crippen molar-refractivity contribution in [1.82, 2.24) is 20.2 Å². The first-order valence-electron chi connectivity index (χ1n) is 15.4. The summed E-state index contributed by atoms with van der Waals surface area (Å²) in [5.74, 6) is 0.666. The zero-order valence-corrected chi connectivity index (χ0v) is 25.3. The maximum atomic E-state index is 13.4. The van der Waals surface area contributed by atoms with Gasteiger partial charge in [0.25, 0.3) is 5.91 Å². The van der Waals surface area contributed by atoms with Crippen LogP contribution in [0.4, 0.5) is 19.0 Å². The Morgan fingerprint density at radius 3 is 2.57 bits per heavy atom. The molecule has 0 radical (unpaired) electrons. The number of hydrogen-bond acceptors (Lipinski definition) is 9. The quantitative estimate of drug-likeness (QED) is 0.392. The van der Waals surface area contributed by atoms with E-state index < -0.39 is 6.36 Å². The zero-order valence-electron chi connectivity index (χ0n) is 25.3. The van der Waals surface area contributed by atoms with Gasteiger partial charge in [-0.05, 0) is 63.1 Å². The Labute approximate surface area is 256 Å². The lowest BCUT2D eigenvalue weighted by Gasteiger charge is -2.35. The number of halogens is 3. The second kappa shape index (κ2) is 14.9. The zero-order chi connectivity index (χ0) is 31.1.